The minimum atomic E-state index is -0.652. The highest BCUT2D eigenvalue weighted by Crippen LogP contribution is 2.33. The topological polar surface area (TPSA) is 54.5 Å². The van der Waals surface area contributed by atoms with E-state index in [4.69, 9.17) is 9.72 Å². The lowest BCUT2D eigenvalue weighted by Gasteiger charge is -2.31. The summed E-state index contributed by atoms with van der Waals surface area (Å²) in [6.45, 7) is 1.45. The summed E-state index contributed by atoms with van der Waals surface area (Å²) >= 11 is 1.58. The number of amides is 1. The van der Waals surface area contributed by atoms with Gasteiger partial charge in [0, 0.05) is 31.3 Å². The molecule has 1 atom stereocenters. The van der Waals surface area contributed by atoms with E-state index in [0.717, 1.165) is 46.6 Å². The van der Waals surface area contributed by atoms with Crippen LogP contribution in [0, 0.1) is 17.6 Å². The molecule has 4 rings (SSSR count). The van der Waals surface area contributed by atoms with E-state index in [9.17, 15) is 13.6 Å². The largest absolute Gasteiger partial charge is 0.497 e. The number of aromatic nitrogens is 1. The van der Waals surface area contributed by atoms with Gasteiger partial charge in [-0.25, -0.2) is 13.8 Å². The van der Waals surface area contributed by atoms with Gasteiger partial charge in [-0.1, -0.05) is 17.4 Å². The molecule has 3 aromatic rings. The van der Waals surface area contributed by atoms with Gasteiger partial charge >= 0.3 is 0 Å². The second-order valence-electron chi connectivity index (χ2n) is 7.07. The number of carbonyl (C=O) groups is 1. The minimum absolute atomic E-state index is 0.0440. The molecule has 1 amide bonds. The first-order valence-electron chi connectivity index (χ1n) is 9.44. The van der Waals surface area contributed by atoms with E-state index in [1.807, 2.05) is 18.2 Å². The molecule has 0 spiro atoms. The van der Waals surface area contributed by atoms with Gasteiger partial charge < -0.3 is 15.0 Å². The van der Waals surface area contributed by atoms with Crippen LogP contribution in [0.25, 0.3) is 10.2 Å². The third kappa shape index (κ3) is 4.32. The molecule has 0 aliphatic carbocycles. The summed E-state index contributed by atoms with van der Waals surface area (Å²) in [6.07, 6.45) is 1.65. The van der Waals surface area contributed by atoms with Crippen LogP contribution in [0.3, 0.4) is 0 Å². The molecular weight excluding hydrogens is 396 g/mol. The Balaban J connectivity index is 1.41. The van der Waals surface area contributed by atoms with Gasteiger partial charge in [-0.15, -0.1) is 0 Å². The van der Waals surface area contributed by atoms with E-state index in [1.165, 1.54) is 12.1 Å². The number of rotatable bonds is 5. The van der Waals surface area contributed by atoms with Crippen LogP contribution in [0.1, 0.15) is 18.4 Å². The number of methoxy groups -OCH3 is 1. The van der Waals surface area contributed by atoms with Crippen LogP contribution in [0.15, 0.2) is 36.4 Å². The van der Waals surface area contributed by atoms with Crippen LogP contribution in [0.2, 0.25) is 0 Å². The van der Waals surface area contributed by atoms with Gasteiger partial charge in [0.05, 0.1) is 23.2 Å². The maximum atomic E-state index is 13.8. The predicted molar refractivity (Wildman–Crippen MR) is 109 cm³/mol. The van der Waals surface area contributed by atoms with Gasteiger partial charge in [-0.3, -0.25) is 4.79 Å². The quantitative estimate of drug-likeness (QED) is 0.679. The van der Waals surface area contributed by atoms with E-state index < -0.39 is 11.6 Å². The molecule has 2 aromatic carbocycles. The molecule has 1 aliphatic heterocycles. The van der Waals surface area contributed by atoms with Gasteiger partial charge in [0.15, 0.2) is 5.13 Å². The Labute approximate surface area is 171 Å². The molecule has 29 heavy (non-hydrogen) atoms. The average Bonchev–Trinajstić information content (AvgIpc) is 3.16. The first-order valence-corrected chi connectivity index (χ1v) is 10.3. The third-order valence-corrected chi connectivity index (χ3v) is 6.19. The number of anilines is 1. The van der Waals surface area contributed by atoms with Crippen LogP contribution in [0.5, 0.6) is 5.75 Å². The van der Waals surface area contributed by atoms with E-state index in [2.05, 4.69) is 10.2 Å². The maximum absolute atomic E-state index is 13.8. The molecule has 1 fully saturated rings. The lowest BCUT2D eigenvalue weighted by molar-refractivity contribution is -0.125. The zero-order valence-corrected chi connectivity index (χ0v) is 16.8. The van der Waals surface area contributed by atoms with Crippen molar-refractivity contribution in [1.82, 2.24) is 10.3 Å². The highest BCUT2D eigenvalue weighted by molar-refractivity contribution is 7.22. The second-order valence-corrected chi connectivity index (χ2v) is 8.08. The normalized spacial score (nSPS) is 16.8. The standard InChI is InChI=1S/C21H21F2N3O2S/c1-28-16-6-7-18-19(10-16)29-21(25-18)26-8-2-3-14(12-26)20(27)24-11-13-4-5-15(22)9-17(13)23/h4-7,9-10,14H,2-3,8,11-12H2,1H3,(H,24,27). The van der Waals surface area contributed by atoms with Crippen molar-refractivity contribution in [2.24, 2.45) is 5.92 Å². The highest BCUT2D eigenvalue weighted by Gasteiger charge is 2.27. The van der Waals surface area contributed by atoms with Crippen molar-refractivity contribution in [3.63, 3.8) is 0 Å². The van der Waals surface area contributed by atoms with Crippen molar-refractivity contribution in [1.29, 1.82) is 0 Å². The molecule has 1 saturated heterocycles. The molecule has 5 nitrogen and oxygen atoms in total. The minimum Gasteiger partial charge on any atom is -0.497 e. The number of hydrogen-bond donors (Lipinski definition) is 1. The molecule has 1 N–H and O–H groups in total. The number of nitrogens with one attached hydrogen (secondary N) is 1. The van der Waals surface area contributed by atoms with Crippen LogP contribution in [0.4, 0.5) is 13.9 Å². The predicted octanol–water partition coefficient (Wildman–Crippen LogP) is 4.12. The van der Waals surface area contributed by atoms with Crippen LogP contribution in [-0.4, -0.2) is 31.1 Å². The third-order valence-electron chi connectivity index (χ3n) is 5.12. The summed E-state index contributed by atoms with van der Waals surface area (Å²) < 4.78 is 33.1. The average molecular weight is 417 g/mol. The number of ether oxygens (including phenoxy) is 1. The van der Waals surface area contributed by atoms with Crippen LogP contribution >= 0.6 is 11.3 Å². The summed E-state index contributed by atoms with van der Waals surface area (Å²) in [4.78, 5) is 19.4. The Bertz CT molecular complexity index is 1040. The van der Waals surface area contributed by atoms with Crippen LogP contribution in [-0.2, 0) is 11.3 Å². The summed E-state index contributed by atoms with van der Waals surface area (Å²) in [6, 6.07) is 9.14. The number of benzene rings is 2. The highest BCUT2D eigenvalue weighted by atomic mass is 32.1. The first-order chi connectivity index (χ1) is 14.0. The second kappa shape index (κ2) is 8.32. The Morgan fingerprint density at radius 2 is 2.17 bits per heavy atom. The molecule has 8 heteroatoms. The summed E-state index contributed by atoms with van der Waals surface area (Å²) in [7, 11) is 1.63. The molecule has 1 aliphatic rings. The lowest BCUT2D eigenvalue weighted by Crippen LogP contribution is -2.43. The van der Waals surface area contributed by atoms with E-state index >= 15 is 0 Å². The molecule has 0 saturated carbocycles. The fraction of sp³-hybridized carbons (Fsp3) is 0.333. The Hall–Kier alpha value is -2.74. The van der Waals surface area contributed by atoms with E-state index in [-0.39, 0.29) is 23.9 Å². The number of hydrogen-bond acceptors (Lipinski definition) is 5. The molecule has 0 bridgehead atoms. The Morgan fingerprint density at radius 1 is 1.31 bits per heavy atom. The van der Waals surface area contributed by atoms with Gasteiger partial charge in [0.1, 0.15) is 17.4 Å². The molecule has 152 valence electrons. The molecule has 0 radical (unpaired) electrons. The number of thiazole rings is 1. The summed E-state index contributed by atoms with van der Waals surface area (Å²) in [5.41, 5.74) is 1.18. The Morgan fingerprint density at radius 3 is 2.97 bits per heavy atom. The summed E-state index contributed by atoms with van der Waals surface area (Å²) in [5.74, 6) is -0.818. The SMILES string of the molecule is COc1ccc2nc(N3CCCC(C(=O)NCc4ccc(F)cc4F)C3)sc2c1. The van der Waals surface area contributed by atoms with Gasteiger partial charge in [-0.05, 0) is 37.1 Å². The molecule has 2 heterocycles. The van der Waals surface area contributed by atoms with Gasteiger partial charge in [-0.2, -0.15) is 0 Å². The molecule has 1 aromatic heterocycles. The van der Waals surface area contributed by atoms with Gasteiger partial charge in [0.25, 0.3) is 0 Å². The van der Waals surface area contributed by atoms with Crippen molar-refractivity contribution >= 4 is 32.6 Å². The maximum Gasteiger partial charge on any atom is 0.225 e. The van der Waals surface area contributed by atoms with E-state index in [1.54, 1.807) is 18.4 Å². The number of piperidine rings is 1. The zero-order chi connectivity index (χ0) is 20.4. The number of fused-ring (bicyclic) bond motifs is 1. The number of halogens is 2. The van der Waals surface area contributed by atoms with Crippen molar-refractivity contribution in [2.75, 3.05) is 25.1 Å². The zero-order valence-electron chi connectivity index (χ0n) is 16.0. The molecular formula is C21H21F2N3O2S. The van der Waals surface area contributed by atoms with E-state index in [0.29, 0.717) is 6.54 Å². The lowest BCUT2D eigenvalue weighted by atomic mass is 9.97. The number of nitrogens with zero attached hydrogens (tertiary/aromatic N) is 2. The fourth-order valence-electron chi connectivity index (χ4n) is 3.51. The van der Waals surface area contributed by atoms with Crippen LogP contribution < -0.4 is 15.0 Å². The Kier molecular flexibility index (Phi) is 5.62. The fourth-order valence-corrected chi connectivity index (χ4v) is 4.54. The van der Waals surface area contributed by atoms with Crippen molar-refractivity contribution in [3.05, 3.63) is 53.6 Å². The smallest absolute Gasteiger partial charge is 0.225 e. The van der Waals surface area contributed by atoms with Crippen molar-refractivity contribution in [3.8, 4) is 5.75 Å². The van der Waals surface area contributed by atoms with Crippen molar-refractivity contribution in [2.45, 2.75) is 19.4 Å². The summed E-state index contributed by atoms with van der Waals surface area (Å²) in [5, 5.41) is 3.67. The van der Waals surface area contributed by atoms with Crippen molar-refractivity contribution < 1.29 is 18.3 Å². The first kappa shape index (κ1) is 19.6. The van der Waals surface area contributed by atoms with Gasteiger partial charge in [0.2, 0.25) is 5.91 Å². The number of carbonyl (C=O) groups excluding carboxylic acids is 1. The monoisotopic (exact) mass is 417 g/mol. The molecule has 1 unspecified atom stereocenters.